The lowest BCUT2D eigenvalue weighted by Crippen LogP contribution is -1.83. The molecule has 14 heavy (non-hydrogen) atoms. The molecule has 68 valence electrons. The Kier molecular flexibility index (Phi) is 2.21. The van der Waals surface area contributed by atoms with Crippen molar-refractivity contribution in [3.8, 4) is 23.6 Å². The molecular weight excluding hydrogens is 192 g/mol. The summed E-state index contributed by atoms with van der Waals surface area (Å²) in [5.74, 6) is 2.59. The van der Waals surface area contributed by atoms with Crippen molar-refractivity contribution in [2.24, 2.45) is 0 Å². The number of thiazole rings is 1. The van der Waals surface area contributed by atoms with Crippen LogP contribution in [-0.4, -0.2) is 4.98 Å². The Morgan fingerprint density at radius 2 is 2.00 bits per heavy atom. The lowest BCUT2D eigenvalue weighted by molar-refractivity contribution is 1.40. The number of hydrogen-bond donors (Lipinski definition) is 1. The van der Waals surface area contributed by atoms with Crippen LogP contribution in [0.15, 0.2) is 30.3 Å². The maximum Gasteiger partial charge on any atom is 0.181 e. The second kappa shape index (κ2) is 3.52. The van der Waals surface area contributed by atoms with Gasteiger partial charge >= 0.3 is 0 Å². The van der Waals surface area contributed by atoms with Crippen LogP contribution in [0.3, 0.4) is 0 Å². The highest BCUT2D eigenvalue weighted by molar-refractivity contribution is 7.16. The summed E-state index contributed by atoms with van der Waals surface area (Å²) < 4.78 is 0. The van der Waals surface area contributed by atoms with Crippen LogP contribution in [0.4, 0.5) is 5.13 Å². The second-order valence-corrected chi connectivity index (χ2v) is 3.77. The summed E-state index contributed by atoms with van der Waals surface area (Å²) >= 11 is 1.34. The number of nitrogens with two attached hydrogens (primary N) is 1. The Hall–Kier alpha value is -1.79. The van der Waals surface area contributed by atoms with Crippen molar-refractivity contribution in [1.29, 1.82) is 0 Å². The molecule has 0 aliphatic rings. The van der Waals surface area contributed by atoms with Crippen LogP contribution in [0.5, 0.6) is 0 Å². The zero-order valence-corrected chi connectivity index (χ0v) is 8.21. The van der Waals surface area contributed by atoms with Crippen LogP contribution >= 0.6 is 11.3 Å². The molecule has 0 saturated heterocycles. The van der Waals surface area contributed by atoms with E-state index < -0.39 is 0 Å². The van der Waals surface area contributed by atoms with Gasteiger partial charge in [0.05, 0.1) is 5.69 Å². The summed E-state index contributed by atoms with van der Waals surface area (Å²) in [6.45, 7) is 0. The Morgan fingerprint density at radius 3 is 2.64 bits per heavy atom. The molecule has 0 amide bonds. The average molecular weight is 200 g/mol. The van der Waals surface area contributed by atoms with Gasteiger partial charge in [0.15, 0.2) is 5.13 Å². The molecule has 0 fully saturated rings. The molecule has 1 aromatic heterocycles. The Bertz CT molecular complexity index is 480. The highest BCUT2D eigenvalue weighted by Crippen LogP contribution is 2.28. The molecular formula is C11H8N2S. The zero-order valence-electron chi connectivity index (χ0n) is 7.40. The summed E-state index contributed by atoms with van der Waals surface area (Å²) in [4.78, 5) is 4.99. The molecule has 0 unspecified atom stereocenters. The smallest absolute Gasteiger partial charge is 0.181 e. The first-order valence-corrected chi connectivity index (χ1v) is 4.91. The fourth-order valence-electron chi connectivity index (χ4n) is 1.23. The van der Waals surface area contributed by atoms with Crippen molar-refractivity contribution in [2.45, 2.75) is 0 Å². The standard InChI is InChI=1S/C11H8N2S/c1-2-9-10(13-11(12)14-9)8-6-4-3-5-7-8/h1,3-7H,(H2,12,13). The summed E-state index contributed by atoms with van der Waals surface area (Å²) in [5, 5.41) is 0.511. The van der Waals surface area contributed by atoms with E-state index in [1.807, 2.05) is 30.3 Å². The van der Waals surface area contributed by atoms with Gasteiger partial charge in [-0.3, -0.25) is 0 Å². The fraction of sp³-hybridized carbons (Fsp3) is 0. The topological polar surface area (TPSA) is 38.9 Å². The predicted octanol–water partition coefficient (Wildman–Crippen LogP) is 2.37. The fourth-order valence-corrected chi connectivity index (χ4v) is 1.89. The van der Waals surface area contributed by atoms with Crippen molar-refractivity contribution in [3.63, 3.8) is 0 Å². The number of aromatic nitrogens is 1. The predicted molar refractivity (Wildman–Crippen MR) is 59.9 cm³/mol. The SMILES string of the molecule is C#Cc1sc(N)nc1-c1ccccc1. The van der Waals surface area contributed by atoms with E-state index in [4.69, 9.17) is 12.2 Å². The summed E-state index contributed by atoms with van der Waals surface area (Å²) in [7, 11) is 0. The van der Waals surface area contributed by atoms with E-state index in [1.165, 1.54) is 11.3 Å². The Morgan fingerprint density at radius 1 is 1.29 bits per heavy atom. The minimum atomic E-state index is 0.511. The minimum absolute atomic E-state index is 0.511. The third-order valence-corrected chi connectivity index (χ3v) is 2.64. The molecule has 0 aliphatic carbocycles. The monoisotopic (exact) mass is 200 g/mol. The Balaban J connectivity index is 2.58. The van der Waals surface area contributed by atoms with Crippen molar-refractivity contribution >= 4 is 16.5 Å². The molecule has 1 aromatic carbocycles. The van der Waals surface area contributed by atoms with E-state index in [0.29, 0.717) is 5.13 Å². The summed E-state index contributed by atoms with van der Waals surface area (Å²) in [6, 6.07) is 9.79. The van der Waals surface area contributed by atoms with Crippen molar-refractivity contribution in [2.75, 3.05) is 5.73 Å². The highest BCUT2D eigenvalue weighted by atomic mass is 32.1. The highest BCUT2D eigenvalue weighted by Gasteiger charge is 2.08. The first kappa shape index (κ1) is 8.79. The van der Waals surface area contributed by atoms with E-state index in [-0.39, 0.29) is 0 Å². The molecule has 2 aromatic rings. The largest absolute Gasteiger partial charge is 0.375 e. The van der Waals surface area contributed by atoms with Crippen molar-refractivity contribution in [3.05, 3.63) is 35.2 Å². The van der Waals surface area contributed by atoms with Gasteiger partial charge in [-0.05, 0) is 0 Å². The zero-order chi connectivity index (χ0) is 9.97. The molecule has 0 saturated carbocycles. The van der Waals surface area contributed by atoms with Crippen LogP contribution < -0.4 is 5.73 Å². The van der Waals surface area contributed by atoms with E-state index in [0.717, 1.165) is 16.1 Å². The van der Waals surface area contributed by atoms with Gasteiger partial charge in [0, 0.05) is 5.56 Å². The van der Waals surface area contributed by atoms with Crippen LogP contribution in [0.1, 0.15) is 4.88 Å². The molecule has 3 heteroatoms. The number of nitrogens with zero attached hydrogens (tertiary/aromatic N) is 1. The van der Waals surface area contributed by atoms with Gasteiger partial charge in [0.1, 0.15) is 4.88 Å². The Labute approximate surface area is 86.4 Å². The van der Waals surface area contributed by atoms with Gasteiger partial charge in [-0.2, -0.15) is 0 Å². The van der Waals surface area contributed by atoms with Gasteiger partial charge in [-0.1, -0.05) is 47.6 Å². The number of rotatable bonds is 1. The minimum Gasteiger partial charge on any atom is -0.375 e. The average Bonchev–Trinajstić information content (AvgIpc) is 2.61. The number of anilines is 1. The van der Waals surface area contributed by atoms with Crippen LogP contribution in [0, 0.1) is 12.3 Å². The normalized spacial score (nSPS) is 9.64. The molecule has 2 rings (SSSR count). The molecule has 2 nitrogen and oxygen atoms in total. The van der Waals surface area contributed by atoms with Crippen LogP contribution in [0.2, 0.25) is 0 Å². The van der Waals surface area contributed by atoms with E-state index in [9.17, 15) is 0 Å². The molecule has 0 aliphatic heterocycles. The number of hydrogen-bond acceptors (Lipinski definition) is 3. The molecule has 0 radical (unpaired) electrons. The quantitative estimate of drug-likeness (QED) is 0.718. The van der Waals surface area contributed by atoms with Crippen molar-refractivity contribution < 1.29 is 0 Å². The molecule has 0 atom stereocenters. The van der Waals surface area contributed by atoms with E-state index in [2.05, 4.69) is 10.9 Å². The third kappa shape index (κ3) is 1.48. The van der Waals surface area contributed by atoms with E-state index in [1.54, 1.807) is 0 Å². The van der Waals surface area contributed by atoms with Gasteiger partial charge < -0.3 is 5.73 Å². The summed E-state index contributed by atoms with van der Waals surface area (Å²) in [5.41, 5.74) is 7.41. The van der Waals surface area contributed by atoms with Crippen LogP contribution in [-0.2, 0) is 0 Å². The van der Waals surface area contributed by atoms with Gasteiger partial charge in [0.25, 0.3) is 0 Å². The molecule has 2 N–H and O–H groups in total. The van der Waals surface area contributed by atoms with Gasteiger partial charge in [-0.15, -0.1) is 6.42 Å². The summed E-state index contributed by atoms with van der Waals surface area (Å²) in [6.07, 6.45) is 5.37. The molecule has 1 heterocycles. The maximum atomic E-state index is 5.60. The van der Waals surface area contributed by atoms with Gasteiger partial charge in [0.2, 0.25) is 0 Å². The van der Waals surface area contributed by atoms with Gasteiger partial charge in [-0.25, -0.2) is 4.98 Å². The third-order valence-electron chi connectivity index (χ3n) is 1.82. The number of terminal acetylenes is 1. The number of nitrogen functional groups attached to an aromatic ring is 1. The lowest BCUT2D eigenvalue weighted by atomic mass is 10.1. The first-order valence-electron chi connectivity index (χ1n) is 4.09. The van der Waals surface area contributed by atoms with Crippen LogP contribution in [0.25, 0.3) is 11.3 Å². The second-order valence-electron chi connectivity index (χ2n) is 2.74. The molecule has 0 bridgehead atoms. The molecule has 0 spiro atoms. The first-order chi connectivity index (χ1) is 6.81. The van der Waals surface area contributed by atoms with E-state index >= 15 is 0 Å². The maximum absolute atomic E-state index is 5.60. The van der Waals surface area contributed by atoms with Crippen molar-refractivity contribution in [1.82, 2.24) is 4.98 Å². The number of benzene rings is 1. The lowest BCUT2D eigenvalue weighted by Gasteiger charge is -1.95.